The van der Waals surface area contributed by atoms with E-state index in [1.165, 1.54) is 19.1 Å². The predicted molar refractivity (Wildman–Crippen MR) is 60.3 cm³/mol. The van der Waals surface area contributed by atoms with Gasteiger partial charge in [0, 0.05) is 12.1 Å². The summed E-state index contributed by atoms with van der Waals surface area (Å²) in [5.41, 5.74) is 0.909. The van der Waals surface area contributed by atoms with Gasteiger partial charge in [0.15, 0.2) is 0 Å². The molecule has 0 aliphatic heterocycles. The van der Waals surface area contributed by atoms with Crippen LogP contribution in [0.1, 0.15) is 12.5 Å². The molecule has 0 saturated carbocycles. The van der Waals surface area contributed by atoms with E-state index in [2.05, 4.69) is 5.32 Å². The molecular formula is C11H14F2N2O2. The molecule has 0 aromatic heterocycles. The molecular weight excluding hydrogens is 230 g/mol. The van der Waals surface area contributed by atoms with Crippen molar-refractivity contribution in [2.75, 3.05) is 6.54 Å². The van der Waals surface area contributed by atoms with Gasteiger partial charge in [-0.2, -0.15) is 0 Å². The van der Waals surface area contributed by atoms with Gasteiger partial charge < -0.3 is 5.32 Å². The van der Waals surface area contributed by atoms with E-state index in [0.717, 1.165) is 5.56 Å². The molecule has 4 nitrogen and oxygen atoms in total. The Labute approximate surface area is 97.8 Å². The highest BCUT2D eigenvalue weighted by atomic mass is 19.3. The zero-order chi connectivity index (χ0) is 12.8. The minimum atomic E-state index is -2.38. The van der Waals surface area contributed by atoms with Crippen LogP contribution in [0.2, 0.25) is 0 Å². The molecule has 1 aromatic carbocycles. The summed E-state index contributed by atoms with van der Waals surface area (Å²) in [6.07, 6.45) is -1.82. The lowest BCUT2D eigenvalue weighted by molar-refractivity contribution is -0.384. The van der Waals surface area contributed by atoms with E-state index in [9.17, 15) is 18.9 Å². The maximum Gasteiger partial charge on any atom is 0.269 e. The van der Waals surface area contributed by atoms with E-state index < -0.39 is 17.4 Å². The van der Waals surface area contributed by atoms with Gasteiger partial charge in [-0.3, -0.25) is 10.1 Å². The smallest absolute Gasteiger partial charge is 0.269 e. The fourth-order valence-corrected chi connectivity index (χ4v) is 1.32. The average Bonchev–Trinajstić information content (AvgIpc) is 2.29. The zero-order valence-electron chi connectivity index (χ0n) is 9.40. The number of hydrogen-bond acceptors (Lipinski definition) is 3. The number of non-ortho nitro benzene ring substituents is 1. The van der Waals surface area contributed by atoms with Gasteiger partial charge >= 0.3 is 0 Å². The standard InChI is InChI=1S/C11H14F2N2O2/c1-8(11(12)13)14-7-6-9-2-4-10(5-3-9)15(16)17/h2-5,8,11,14H,6-7H2,1H3. The van der Waals surface area contributed by atoms with Crippen molar-refractivity contribution in [2.45, 2.75) is 25.8 Å². The molecule has 1 unspecified atom stereocenters. The third-order valence-corrected chi connectivity index (χ3v) is 2.41. The molecule has 0 radical (unpaired) electrons. The molecule has 1 aromatic rings. The molecule has 0 bridgehead atoms. The van der Waals surface area contributed by atoms with Crippen LogP contribution in [-0.4, -0.2) is 23.9 Å². The summed E-state index contributed by atoms with van der Waals surface area (Å²) >= 11 is 0. The van der Waals surface area contributed by atoms with E-state index in [-0.39, 0.29) is 5.69 Å². The van der Waals surface area contributed by atoms with Gasteiger partial charge in [0.05, 0.1) is 11.0 Å². The van der Waals surface area contributed by atoms with Gasteiger partial charge in [0.2, 0.25) is 0 Å². The van der Waals surface area contributed by atoms with Crippen molar-refractivity contribution in [1.29, 1.82) is 0 Å². The van der Waals surface area contributed by atoms with Crippen molar-refractivity contribution in [3.63, 3.8) is 0 Å². The molecule has 0 spiro atoms. The maximum absolute atomic E-state index is 12.2. The highest BCUT2D eigenvalue weighted by Gasteiger charge is 2.12. The number of rotatable bonds is 6. The number of alkyl halides is 2. The first-order valence-electron chi connectivity index (χ1n) is 5.25. The van der Waals surface area contributed by atoms with E-state index in [0.29, 0.717) is 13.0 Å². The molecule has 6 heteroatoms. The quantitative estimate of drug-likeness (QED) is 0.617. The lowest BCUT2D eigenvalue weighted by Gasteiger charge is -2.12. The fraction of sp³-hybridized carbons (Fsp3) is 0.455. The highest BCUT2D eigenvalue weighted by molar-refractivity contribution is 5.32. The van der Waals surface area contributed by atoms with Crippen molar-refractivity contribution < 1.29 is 13.7 Å². The van der Waals surface area contributed by atoms with E-state index in [1.807, 2.05) is 0 Å². The lowest BCUT2D eigenvalue weighted by Crippen LogP contribution is -2.33. The summed E-state index contributed by atoms with van der Waals surface area (Å²) in [4.78, 5) is 9.93. The number of nitrogens with zero attached hydrogens (tertiary/aromatic N) is 1. The second-order valence-corrected chi connectivity index (χ2v) is 3.75. The number of hydrogen-bond donors (Lipinski definition) is 1. The first kappa shape index (κ1) is 13.5. The number of nitrogens with one attached hydrogen (secondary N) is 1. The SMILES string of the molecule is CC(NCCc1ccc([N+](=O)[O-])cc1)C(F)F. The highest BCUT2D eigenvalue weighted by Crippen LogP contribution is 2.12. The minimum absolute atomic E-state index is 0.0302. The Morgan fingerprint density at radius 1 is 1.35 bits per heavy atom. The van der Waals surface area contributed by atoms with Crippen LogP contribution in [0.5, 0.6) is 0 Å². The molecule has 1 N–H and O–H groups in total. The van der Waals surface area contributed by atoms with Crippen molar-refractivity contribution in [2.24, 2.45) is 0 Å². The van der Waals surface area contributed by atoms with Crippen LogP contribution in [-0.2, 0) is 6.42 Å². The molecule has 0 aliphatic carbocycles. The normalized spacial score (nSPS) is 12.7. The number of benzene rings is 1. The van der Waals surface area contributed by atoms with Gasteiger partial charge in [0.25, 0.3) is 12.1 Å². The maximum atomic E-state index is 12.2. The lowest BCUT2D eigenvalue weighted by atomic mass is 10.1. The Hall–Kier alpha value is -1.56. The third-order valence-electron chi connectivity index (χ3n) is 2.41. The molecule has 0 heterocycles. The Morgan fingerprint density at radius 2 is 1.94 bits per heavy atom. The van der Waals surface area contributed by atoms with Gasteiger partial charge in [0.1, 0.15) is 0 Å². The van der Waals surface area contributed by atoms with Gasteiger partial charge in [-0.05, 0) is 25.5 Å². The largest absolute Gasteiger partial charge is 0.309 e. The summed E-state index contributed by atoms with van der Waals surface area (Å²) in [6, 6.07) is 5.24. The Balaban J connectivity index is 2.40. The Morgan fingerprint density at radius 3 is 2.41 bits per heavy atom. The summed E-state index contributed by atoms with van der Waals surface area (Å²) in [7, 11) is 0. The average molecular weight is 244 g/mol. The van der Waals surface area contributed by atoms with Crippen LogP contribution in [0.3, 0.4) is 0 Å². The molecule has 0 saturated heterocycles. The summed E-state index contributed by atoms with van der Waals surface area (Å²) in [6.45, 7) is 1.84. The van der Waals surface area contributed by atoms with Crippen molar-refractivity contribution in [3.8, 4) is 0 Å². The summed E-state index contributed by atoms with van der Waals surface area (Å²) in [5.74, 6) is 0. The van der Waals surface area contributed by atoms with E-state index in [4.69, 9.17) is 0 Å². The monoisotopic (exact) mass is 244 g/mol. The number of nitro benzene ring substituents is 1. The second kappa shape index (κ2) is 6.24. The first-order valence-corrected chi connectivity index (χ1v) is 5.25. The molecule has 0 fully saturated rings. The predicted octanol–water partition coefficient (Wildman–Crippen LogP) is 2.38. The molecule has 17 heavy (non-hydrogen) atoms. The number of nitro groups is 1. The van der Waals surface area contributed by atoms with E-state index >= 15 is 0 Å². The fourth-order valence-electron chi connectivity index (χ4n) is 1.32. The van der Waals surface area contributed by atoms with Crippen LogP contribution in [0.15, 0.2) is 24.3 Å². The topological polar surface area (TPSA) is 55.2 Å². The summed E-state index contributed by atoms with van der Waals surface area (Å²) < 4.78 is 24.3. The van der Waals surface area contributed by atoms with Crippen LogP contribution in [0.25, 0.3) is 0 Å². The third kappa shape index (κ3) is 4.44. The molecule has 1 rings (SSSR count). The van der Waals surface area contributed by atoms with Gasteiger partial charge in [-0.1, -0.05) is 12.1 Å². The van der Waals surface area contributed by atoms with Crippen molar-refractivity contribution >= 4 is 5.69 Å². The van der Waals surface area contributed by atoms with Gasteiger partial charge in [-0.25, -0.2) is 8.78 Å². The first-order chi connectivity index (χ1) is 8.00. The Kier molecular flexibility index (Phi) is 4.96. The molecule has 0 aliphatic rings. The van der Waals surface area contributed by atoms with Gasteiger partial charge in [-0.15, -0.1) is 0 Å². The minimum Gasteiger partial charge on any atom is -0.309 e. The molecule has 1 atom stereocenters. The number of halogens is 2. The van der Waals surface area contributed by atoms with E-state index in [1.54, 1.807) is 12.1 Å². The zero-order valence-corrected chi connectivity index (χ0v) is 9.40. The summed E-state index contributed by atoms with van der Waals surface area (Å²) in [5, 5.41) is 13.1. The van der Waals surface area contributed by atoms with Crippen molar-refractivity contribution in [3.05, 3.63) is 39.9 Å². The molecule has 0 amide bonds. The molecule has 94 valence electrons. The van der Waals surface area contributed by atoms with Crippen LogP contribution in [0.4, 0.5) is 14.5 Å². The van der Waals surface area contributed by atoms with Crippen LogP contribution in [0, 0.1) is 10.1 Å². The van der Waals surface area contributed by atoms with Crippen molar-refractivity contribution in [1.82, 2.24) is 5.32 Å². The van der Waals surface area contributed by atoms with Crippen LogP contribution < -0.4 is 5.32 Å². The Bertz CT molecular complexity index is 368. The van der Waals surface area contributed by atoms with Crippen LogP contribution >= 0.6 is 0 Å². The second-order valence-electron chi connectivity index (χ2n) is 3.75.